The number of morpholine rings is 1. The molecule has 5 heteroatoms. The fraction of sp³-hybridized carbons (Fsp3) is 0.409. The van der Waals surface area contributed by atoms with Crippen LogP contribution in [-0.2, 0) is 4.74 Å². The van der Waals surface area contributed by atoms with Crippen molar-refractivity contribution in [2.75, 3.05) is 36.5 Å². The van der Waals surface area contributed by atoms with E-state index in [9.17, 15) is 0 Å². The number of nitrogens with zero attached hydrogens (tertiary/aromatic N) is 1. The predicted octanol–water partition coefficient (Wildman–Crippen LogP) is 4.69. The highest BCUT2D eigenvalue weighted by Gasteiger charge is 2.12. The molecule has 0 radical (unpaired) electrons. The monoisotopic (exact) mass is 383 g/mol. The van der Waals surface area contributed by atoms with Gasteiger partial charge in [0.05, 0.1) is 19.3 Å². The molecule has 0 aromatic heterocycles. The third kappa shape index (κ3) is 5.44. The van der Waals surface area contributed by atoms with E-state index in [0.717, 1.165) is 32.0 Å². The Hall–Kier alpha value is -2.11. The summed E-state index contributed by atoms with van der Waals surface area (Å²) in [7, 11) is 0. The van der Waals surface area contributed by atoms with Crippen molar-refractivity contribution in [3.05, 3.63) is 59.7 Å². The highest BCUT2D eigenvalue weighted by atomic mass is 32.1. The number of hydrogen-bond acceptors (Lipinski definition) is 3. The number of rotatable bonds is 5. The van der Waals surface area contributed by atoms with Gasteiger partial charge in [-0.1, -0.05) is 38.1 Å². The Morgan fingerprint density at radius 3 is 2.11 bits per heavy atom. The average molecular weight is 384 g/mol. The van der Waals surface area contributed by atoms with Crippen LogP contribution in [0.3, 0.4) is 0 Å². The molecule has 1 heterocycles. The molecule has 0 amide bonds. The first-order valence-corrected chi connectivity index (χ1v) is 10.0. The van der Waals surface area contributed by atoms with Crippen LogP contribution >= 0.6 is 12.2 Å². The second-order valence-electron chi connectivity index (χ2n) is 7.29. The van der Waals surface area contributed by atoms with Crippen molar-refractivity contribution in [3.8, 4) is 0 Å². The third-order valence-corrected chi connectivity index (χ3v) is 5.17. The Balaban J connectivity index is 1.54. The highest BCUT2D eigenvalue weighted by Crippen LogP contribution is 2.21. The van der Waals surface area contributed by atoms with E-state index in [1.807, 2.05) is 0 Å². The molecule has 0 unspecified atom stereocenters. The van der Waals surface area contributed by atoms with E-state index in [4.69, 9.17) is 17.0 Å². The molecule has 144 valence electrons. The molecule has 1 atom stereocenters. The van der Waals surface area contributed by atoms with E-state index in [0.29, 0.717) is 11.0 Å². The van der Waals surface area contributed by atoms with Crippen LogP contribution in [0.25, 0.3) is 0 Å². The van der Waals surface area contributed by atoms with E-state index in [2.05, 4.69) is 84.8 Å². The van der Waals surface area contributed by atoms with Crippen molar-refractivity contribution in [2.24, 2.45) is 0 Å². The van der Waals surface area contributed by atoms with Gasteiger partial charge in [-0.05, 0) is 60.5 Å². The molecule has 0 saturated carbocycles. The van der Waals surface area contributed by atoms with Crippen molar-refractivity contribution < 1.29 is 4.74 Å². The molecule has 2 aromatic carbocycles. The fourth-order valence-corrected chi connectivity index (χ4v) is 3.49. The molecule has 1 fully saturated rings. The Morgan fingerprint density at radius 1 is 0.926 bits per heavy atom. The summed E-state index contributed by atoms with van der Waals surface area (Å²) in [6.45, 7) is 10.0. The summed E-state index contributed by atoms with van der Waals surface area (Å²) >= 11 is 5.48. The van der Waals surface area contributed by atoms with E-state index in [1.165, 1.54) is 16.8 Å². The molecule has 1 aliphatic rings. The number of anilines is 2. The molecule has 3 rings (SSSR count). The summed E-state index contributed by atoms with van der Waals surface area (Å²) in [4.78, 5) is 2.36. The summed E-state index contributed by atoms with van der Waals surface area (Å²) in [5, 5.41) is 7.27. The van der Waals surface area contributed by atoms with Crippen LogP contribution in [-0.4, -0.2) is 31.4 Å². The van der Waals surface area contributed by atoms with Crippen molar-refractivity contribution >= 4 is 28.7 Å². The van der Waals surface area contributed by atoms with Crippen LogP contribution < -0.4 is 15.5 Å². The van der Waals surface area contributed by atoms with Gasteiger partial charge >= 0.3 is 0 Å². The lowest BCUT2D eigenvalue weighted by atomic mass is 10.0. The molecule has 0 aliphatic carbocycles. The van der Waals surface area contributed by atoms with Gasteiger partial charge in [0.1, 0.15) is 0 Å². The maximum absolute atomic E-state index is 5.48. The second kappa shape index (κ2) is 9.20. The van der Waals surface area contributed by atoms with Gasteiger partial charge in [-0.25, -0.2) is 0 Å². The molecule has 2 N–H and O–H groups in total. The Kier molecular flexibility index (Phi) is 6.69. The molecule has 0 spiro atoms. The van der Waals surface area contributed by atoms with Crippen LogP contribution in [0.15, 0.2) is 48.5 Å². The lowest BCUT2D eigenvalue weighted by Crippen LogP contribution is -2.36. The minimum Gasteiger partial charge on any atom is -0.378 e. The lowest BCUT2D eigenvalue weighted by Gasteiger charge is -2.29. The zero-order valence-electron chi connectivity index (χ0n) is 16.4. The number of thiocarbonyl (C=S) groups is 1. The van der Waals surface area contributed by atoms with Crippen LogP contribution in [0, 0.1) is 0 Å². The third-order valence-electron chi connectivity index (χ3n) is 4.95. The first-order valence-electron chi connectivity index (χ1n) is 9.63. The molecular weight excluding hydrogens is 354 g/mol. The minimum absolute atomic E-state index is 0.138. The van der Waals surface area contributed by atoms with Crippen LogP contribution in [0.1, 0.15) is 43.9 Å². The molecular formula is C22H29N3OS. The summed E-state index contributed by atoms with van der Waals surface area (Å²) in [5.74, 6) is 0.532. The van der Waals surface area contributed by atoms with Gasteiger partial charge in [-0.2, -0.15) is 0 Å². The Morgan fingerprint density at radius 2 is 1.52 bits per heavy atom. The highest BCUT2D eigenvalue weighted by molar-refractivity contribution is 7.80. The van der Waals surface area contributed by atoms with Gasteiger partial charge in [0.15, 0.2) is 5.11 Å². The summed E-state index contributed by atoms with van der Waals surface area (Å²) in [6, 6.07) is 17.3. The largest absolute Gasteiger partial charge is 0.378 e. The summed E-state index contributed by atoms with van der Waals surface area (Å²) in [6.07, 6.45) is 0. The molecule has 27 heavy (non-hydrogen) atoms. The lowest BCUT2D eigenvalue weighted by molar-refractivity contribution is 0.122. The van der Waals surface area contributed by atoms with Crippen molar-refractivity contribution in [1.29, 1.82) is 0 Å². The van der Waals surface area contributed by atoms with Crippen molar-refractivity contribution in [1.82, 2.24) is 5.32 Å². The van der Waals surface area contributed by atoms with Gasteiger partial charge in [0, 0.05) is 24.5 Å². The Labute approximate surface area is 167 Å². The van der Waals surface area contributed by atoms with Gasteiger partial charge < -0.3 is 20.3 Å². The number of nitrogens with one attached hydrogen (secondary N) is 2. The second-order valence-corrected chi connectivity index (χ2v) is 7.70. The van der Waals surface area contributed by atoms with Crippen LogP contribution in [0.2, 0.25) is 0 Å². The molecule has 1 saturated heterocycles. The number of hydrogen-bond donors (Lipinski definition) is 2. The first kappa shape index (κ1) is 19.6. The topological polar surface area (TPSA) is 36.5 Å². The minimum atomic E-state index is 0.138. The summed E-state index contributed by atoms with van der Waals surface area (Å²) in [5.41, 5.74) is 4.80. The molecule has 0 bridgehead atoms. The smallest absolute Gasteiger partial charge is 0.171 e. The van der Waals surface area contributed by atoms with Gasteiger partial charge in [0.25, 0.3) is 0 Å². The zero-order valence-corrected chi connectivity index (χ0v) is 17.2. The molecule has 4 nitrogen and oxygen atoms in total. The molecule has 2 aromatic rings. The van der Waals surface area contributed by atoms with Gasteiger partial charge in [0.2, 0.25) is 0 Å². The fourth-order valence-electron chi connectivity index (χ4n) is 3.19. The van der Waals surface area contributed by atoms with E-state index >= 15 is 0 Å². The maximum Gasteiger partial charge on any atom is 0.171 e. The zero-order chi connectivity index (χ0) is 19.2. The van der Waals surface area contributed by atoms with Crippen molar-refractivity contribution in [3.63, 3.8) is 0 Å². The first-order chi connectivity index (χ1) is 13.0. The van der Waals surface area contributed by atoms with Crippen molar-refractivity contribution in [2.45, 2.75) is 32.7 Å². The van der Waals surface area contributed by atoms with E-state index in [-0.39, 0.29) is 6.04 Å². The molecule has 1 aliphatic heterocycles. The van der Waals surface area contributed by atoms with Gasteiger partial charge in [-0.3, -0.25) is 0 Å². The van der Waals surface area contributed by atoms with Crippen LogP contribution in [0.5, 0.6) is 0 Å². The number of benzene rings is 2. The summed E-state index contributed by atoms with van der Waals surface area (Å²) < 4.78 is 5.42. The predicted molar refractivity (Wildman–Crippen MR) is 118 cm³/mol. The van der Waals surface area contributed by atoms with E-state index in [1.54, 1.807) is 0 Å². The maximum atomic E-state index is 5.48. The quantitative estimate of drug-likeness (QED) is 0.732. The van der Waals surface area contributed by atoms with E-state index < -0.39 is 0 Å². The average Bonchev–Trinajstić information content (AvgIpc) is 2.69. The van der Waals surface area contributed by atoms with Crippen LogP contribution in [0.4, 0.5) is 11.4 Å². The number of ether oxygens (including phenoxy) is 1. The SMILES string of the molecule is CC(C)c1ccc(NC(=S)N[C@@H](C)c2ccc(N3CCOCC3)cc2)cc1. The standard InChI is InChI=1S/C22H29N3OS/c1-16(2)18-4-8-20(9-5-18)24-22(27)23-17(3)19-6-10-21(11-7-19)25-12-14-26-15-13-25/h4-11,16-17H,12-15H2,1-3H3,(H2,23,24,27)/t17-/m0/s1. The normalized spacial score (nSPS) is 15.5. The Bertz CT molecular complexity index is 737. The van der Waals surface area contributed by atoms with Gasteiger partial charge in [-0.15, -0.1) is 0 Å².